The van der Waals surface area contributed by atoms with Crippen LogP contribution < -0.4 is 0 Å². The Morgan fingerprint density at radius 2 is 2.00 bits per heavy atom. The number of piperidine rings is 1. The fourth-order valence-corrected chi connectivity index (χ4v) is 2.63. The van der Waals surface area contributed by atoms with Crippen LogP contribution in [0.3, 0.4) is 0 Å². The lowest BCUT2D eigenvalue weighted by Gasteiger charge is -2.36. The second-order valence-electron chi connectivity index (χ2n) is 6.73. The van der Waals surface area contributed by atoms with Crippen LogP contribution in [0.4, 0.5) is 4.79 Å². The highest BCUT2D eigenvalue weighted by molar-refractivity contribution is 5.68. The van der Waals surface area contributed by atoms with Gasteiger partial charge in [-0.3, -0.25) is 0 Å². The summed E-state index contributed by atoms with van der Waals surface area (Å²) in [5, 5.41) is 10.3. The SMILES string of the molecule is CC(C)(C)OC(=O)N1CC[C@H](Cc2ccccc2)[C@H](O)C1. The lowest BCUT2D eigenvalue weighted by molar-refractivity contribution is -0.0125. The van der Waals surface area contributed by atoms with Gasteiger partial charge in [-0.1, -0.05) is 30.3 Å². The van der Waals surface area contributed by atoms with Crippen LogP contribution in [0.1, 0.15) is 32.8 Å². The number of aliphatic hydroxyl groups is 1. The average Bonchev–Trinajstić information content (AvgIpc) is 2.40. The van der Waals surface area contributed by atoms with Crippen molar-refractivity contribution in [1.82, 2.24) is 4.90 Å². The summed E-state index contributed by atoms with van der Waals surface area (Å²) in [6.07, 6.45) is 0.825. The Balaban J connectivity index is 1.89. The molecule has 1 heterocycles. The van der Waals surface area contributed by atoms with Gasteiger partial charge in [-0.05, 0) is 45.1 Å². The van der Waals surface area contributed by atoms with E-state index in [1.165, 1.54) is 5.56 Å². The molecule has 116 valence electrons. The summed E-state index contributed by atoms with van der Waals surface area (Å²) < 4.78 is 5.35. The van der Waals surface area contributed by atoms with Gasteiger partial charge in [0.2, 0.25) is 0 Å². The highest BCUT2D eigenvalue weighted by atomic mass is 16.6. The van der Waals surface area contributed by atoms with Gasteiger partial charge in [0, 0.05) is 6.54 Å². The first-order valence-corrected chi connectivity index (χ1v) is 7.55. The van der Waals surface area contributed by atoms with Crippen LogP contribution in [0.2, 0.25) is 0 Å². The molecule has 0 radical (unpaired) electrons. The molecule has 0 bridgehead atoms. The maximum absolute atomic E-state index is 12.0. The third-order valence-corrected chi connectivity index (χ3v) is 3.71. The van der Waals surface area contributed by atoms with Gasteiger partial charge in [0.25, 0.3) is 0 Å². The average molecular weight is 291 g/mol. The van der Waals surface area contributed by atoms with Crippen molar-refractivity contribution in [3.63, 3.8) is 0 Å². The Kier molecular flexibility index (Phi) is 4.88. The van der Waals surface area contributed by atoms with Crippen molar-refractivity contribution in [2.45, 2.75) is 45.3 Å². The van der Waals surface area contributed by atoms with Gasteiger partial charge >= 0.3 is 6.09 Å². The number of ether oxygens (including phenoxy) is 1. The molecule has 4 heteroatoms. The minimum Gasteiger partial charge on any atom is -0.444 e. The Morgan fingerprint density at radius 1 is 1.33 bits per heavy atom. The molecule has 2 rings (SSSR count). The van der Waals surface area contributed by atoms with Gasteiger partial charge in [0.05, 0.1) is 12.6 Å². The predicted octanol–water partition coefficient (Wildman–Crippen LogP) is 2.85. The van der Waals surface area contributed by atoms with E-state index in [1.807, 2.05) is 39.0 Å². The number of hydrogen-bond donors (Lipinski definition) is 1. The van der Waals surface area contributed by atoms with Crippen LogP contribution in [0, 0.1) is 5.92 Å². The lowest BCUT2D eigenvalue weighted by Crippen LogP contribution is -2.48. The van der Waals surface area contributed by atoms with Crippen LogP contribution in [0.25, 0.3) is 0 Å². The number of benzene rings is 1. The maximum Gasteiger partial charge on any atom is 0.410 e. The first-order valence-electron chi connectivity index (χ1n) is 7.55. The third-order valence-electron chi connectivity index (χ3n) is 3.71. The van der Waals surface area contributed by atoms with E-state index in [2.05, 4.69) is 12.1 Å². The van der Waals surface area contributed by atoms with Gasteiger partial charge < -0.3 is 14.7 Å². The zero-order chi connectivity index (χ0) is 15.5. The number of likely N-dealkylation sites (tertiary alicyclic amines) is 1. The van der Waals surface area contributed by atoms with E-state index in [9.17, 15) is 9.90 Å². The number of carbonyl (C=O) groups excluding carboxylic acids is 1. The van der Waals surface area contributed by atoms with Crippen molar-refractivity contribution < 1.29 is 14.6 Å². The zero-order valence-electron chi connectivity index (χ0n) is 13.1. The van der Waals surface area contributed by atoms with Crippen molar-refractivity contribution in [2.75, 3.05) is 13.1 Å². The number of β-amino-alcohol motifs (C(OH)–C–C–N with tert-alkyl or cyclic N) is 1. The second kappa shape index (κ2) is 6.48. The van der Waals surface area contributed by atoms with Crippen LogP contribution in [0.15, 0.2) is 30.3 Å². The van der Waals surface area contributed by atoms with Crippen molar-refractivity contribution in [3.8, 4) is 0 Å². The van der Waals surface area contributed by atoms with E-state index < -0.39 is 11.7 Å². The fourth-order valence-electron chi connectivity index (χ4n) is 2.63. The predicted molar refractivity (Wildman–Crippen MR) is 82.1 cm³/mol. The van der Waals surface area contributed by atoms with Gasteiger partial charge in [-0.15, -0.1) is 0 Å². The van der Waals surface area contributed by atoms with E-state index in [1.54, 1.807) is 4.90 Å². The van der Waals surface area contributed by atoms with E-state index in [0.29, 0.717) is 13.1 Å². The molecular weight excluding hydrogens is 266 g/mol. The molecule has 0 aromatic heterocycles. The van der Waals surface area contributed by atoms with Gasteiger partial charge in [0.1, 0.15) is 5.60 Å². The molecule has 4 nitrogen and oxygen atoms in total. The molecule has 1 aliphatic rings. The second-order valence-corrected chi connectivity index (χ2v) is 6.73. The van der Waals surface area contributed by atoms with Gasteiger partial charge in [0.15, 0.2) is 0 Å². The largest absolute Gasteiger partial charge is 0.444 e. The zero-order valence-corrected chi connectivity index (χ0v) is 13.1. The highest BCUT2D eigenvalue weighted by Gasteiger charge is 2.32. The maximum atomic E-state index is 12.0. The Bertz CT molecular complexity index is 467. The van der Waals surface area contributed by atoms with Gasteiger partial charge in [-0.25, -0.2) is 4.79 Å². The molecule has 1 aromatic rings. The Labute approximate surface area is 126 Å². The third kappa shape index (κ3) is 4.74. The molecule has 2 atom stereocenters. The smallest absolute Gasteiger partial charge is 0.410 e. The number of amides is 1. The summed E-state index contributed by atoms with van der Waals surface area (Å²) in [5.74, 6) is 0.200. The number of aliphatic hydroxyl groups excluding tert-OH is 1. The molecule has 1 amide bonds. The number of hydrogen-bond acceptors (Lipinski definition) is 3. The van der Waals surface area contributed by atoms with Crippen LogP contribution in [0.5, 0.6) is 0 Å². The minimum atomic E-state index is -0.497. The topological polar surface area (TPSA) is 49.8 Å². The first kappa shape index (κ1) is 15.8. The molecule has 0 saturated carbocycles. The molecule has 1 N–H and O–H groups in total. The standard InChI is InChI=1S/C17H25NO3/c1-17(2,3)21-16(20)18-10-9-14(15(19)12-18)11-13-7-5-4-6-8-13/h4-8,14-15,19H,9-12H2,1-3H3/t14-,15-/m1/s1. The van der Waals surface area contributed by atoms with E-state index >= 15 is 0 Å². The highest BCUT2D eigenvalue weighted by Crippen LogP contribution is 2.23. The van der Waals surface area contributed by atoms with Crippen LogP contribution in [-0.4, -0.2) is 40.9 Å². The van der Waals surface area contributed by atoms with E-state index in [4.69, 9.17) is 4.74 Å². The molecule has 1 fully saturated rings. The Hall–Kier alpha value is -1.55. The molecular formula is C17H25NO3. The summed E-state index contributed by atoms with van der Waals surface area (Å²) in [5.41, 5.74) is 0.732. The minimum absolute atomic E-state index is 0.200. The number of nitrogens with zero attached hydrogens (tertiary/aromatic N) is 1. The monoisotopic (exact) mass is 291 g/mol. The van der Waals surface area contributed by atoms with Crippen LogP contribution >= 0.6 is 0 Å². The van der Waals surface area contributed by atoms with Gasteiger partial charge in [-0.2, -0.15) is 0 Å². The molecule has 0 aliphatic carbocycles. The van der Waals surface area contributed by atoms with Crippen molar-refractivity contribution >= 4 is 6.09 Å². The van der Waals surface area contributed by atoms with Crippen LogP contribution in [-0.2, 0) is 11.2 Å². The lowest BCUT2D eigenvalue weighted by atomic mass is 9.88. The summed E-state index contributed by atoms with van der Waals surface area (Å²) >= 11 is 0. The van der Waals surface area contributed by atoms with E-state index in [-0.39, 0.29) is 12.0 Å². The van der Waals surface area contributed by atoms with Crippen molar-refractivity contribution in [2.24, 2.45) is 5.92 Å². The summed E-state index contributed by atoms with van der Waals surface area (Å²) in [6.45, 7) is 6.55. The normalized spacial score (nSPS) is 23.0. The van der Waals surface area contributed by atoms with Crippen molar-refractivity contribution in [1.29, 1.82) is 0 Å². The summed E-state index contributed by atoms with van der Waals surface area (Å²) in [4.78, 5) is 13.6. The number of rotatable bonds is 2. The van der Waals surface area contributed by atoms with E-state index in [0.717, 1.165) is 12.8 Å². The molecule has 1 aromatic carbocycles. The fraction of sp³-hybridized carbons (Fsp3) is 0.588. The molecule has 1 aliphatic heterocycles. The molecule has 1 saturated heterocycles. The first-order chi connectivity index (χ1) is 9.85. The Morgan fingerprint density at radius 3 is 2.57 bits per heavy atom. The molecule has 21 heavy (non-hydrogen) atoms. The summed E-state index contributed by atoms with van der Waals surface area (Å²) in [7, 11) is 0. The quantitative estimate of drug-likeness (QED) is 0.911. The summed E-state index contributed by atoms with van der Waals surface area (Å²) in [6, 6.07) is 10.2. The number of carbonyl (C=O) groups is 1. The van der Waals surface area contributed by atoms with Crippen molar-refractivity contribution in [3.05, 3.63) is 35.9 Å². The molecule has 0 spiro atoms. The molecule has 0 unspecified atom stereocenters.